The van der Waals surface area contributed by atoms with Crippen LogP contribution in [0.15, 0.2) is 53.0 Å². The lowest BCUT2D eigenvalue weighted by Crippen LogP contribution is -2.36. The average molecular weight is 410 g/mol. The van der Waals surface area contributed by atoms with Crippen molar-refractivity contribution in [1.29, 1.82) is 0 Å². The number of hydrogen-bond donors (Lipinski definition) is 3. The fourth-order valence-electron chi connectivity index (χ4n) is 1.84. The Kier molecular flexibility index (Phi) is 6.51. The van der Waals surface area contributed by atoms with Crippen LogP contribution in [0.5, 0.6) is 5.75 Å². The number of halogens is 1. The van der Waals surface area contributed by atoms with Crippen LogP contribution in [0.1, 0.15) is 10.4 Å². The number of carbonyl (C=O) groups excluding carboxylic acids is 2. The van der Waals surface area contributed by atoms with Gasteiger partial charge in [0, 0.05) is 10.0 Å². The Morgan fingerprint density at radius 3 is 2.54 bits per heavy atom. The Labute approximate surface area is 153 Å². The van der Waals surface area contributed by atoms with Gasteiger partial charge < -0.3 is 15.8 Å². The predicted molar refractivity (Wildman–Crippen MR) is 99.5 cm³/mol. The maximum Gasteiger partial charge on any atom is 0.332 e. The second-order valence-corrected chi connectivity index (χ2v) is 6.08. The van der Waals surface area contributed by atoms with Crippen molar-refractivity contribution in [2.75, 3.05) is 17.5 Å². The molecule has 0 radical (unpaired) electrons. The number of thiol groups is 1. The van der Waals surface area contributed by atoms with Gasteiger partial charge in [-0.15, -0.1) is 0 Å². The number of nitrogens with one attached hydrogen (secondary N) is 1. The van der Waals surface area contributed by atoms with E-state index in [2.05, 4.69) is 34.1 Å². The maximum absolute atomic E-state index is 12.0. The highest BCUT2D eigenvalue weighted by Crippen LogP contribution is 2.18. The summed E-state index contributed by atoms with van der Waals surface area (Å²) in [5.74, 6) is 0.185. The Morgan fingerprint density at radius 2 is 1.92 bits per heavy atom. The summed E-state index contributed by atoms with van der Waals surface area (Å²) in [7, 11) is 0. The zero-order valence-electron chi connectivity index (χ0n) is 12.6. The second kappa shape index (κ2) is 8.60. The monoisotopic (exact) mass is 409 g/mol. The molecule has 0 aliphatic heterocycles. The molecule has 6 nitrogen and oxygen atoms in total. The van der Waals surface area contributed by atoms with Crippen molar-refractivity contribution in [3.63, 3.8) is 0 Å². The van der Waals surface area contributed by atoms with Crippen LogP contribution in [0, 0.1) is 0 Å². The lowest BCUT2D eigenvalue weighted by Gasteiger charge is -2.17. The minimum absolute atomic E-state index is 0.321. The third-order valence-electron chi connectivity index (χ3n) is 3.03. The first-order valence-corrected chi connectivity index (χ1v) is 8.22. The molecule has 0 unspecified atom stereocenters. The minimum atomic E-state index is -0.526. The summed E-state index contributed by atoms with van der Waals surface area (Å²) in [5, 5.41) is 2.69. The van der Waals surface area contributed by atoms with E-state index in [1.165, 1.54) is 12.1 Å². The van der Waals surface area contributed by atoms with Gasteiger partial charge >= 0.3 is 6.03 Å². The number of urea groups is 1. The third kappa shape index (κ3) is 5.17. The molecular weight excluding hydrogens is 394 g/mol. The van der Waals surface area contributed by atoms with E-state index in [1.807, 2.05) is 24.3 Å². The van der Waals surface area contributed by atoms with Gasteiger partial charge in [-0.3, -0.25) is 4.79 Å². The van der Waals surface area contributed by atoms with Crippen LogP contribution in [-0.4, -0.2) is 25.1 Å². The summed E-state index contributed by atoms with van der Waals surface area (Å²) in [4.78, 5) is 23.0. The maximum atomic E-state index is 12.0. The molecule has 2 rings (SSSR count). The topological polar surface area (TPSA) is 84.7 Å². The number of benzene rings is 2. The Hall–Kier alpha value is -2.19. The summed E-state index contributed by atoms with van der Waals surface area (Å²) >= 11 is 7.50. The van der Waals surface area contributed by atoms with Crippen LogP contribution in [0.3, 0.4) is 0 Å². The SMILES string of the molecule is NC(=O)c1ccc(N(S)C(=O)NCCOc2cccc(Br)c2)cc1. The molecular formula is C16H16BrN3O3S. The number of rotatable bonds is 6. The first kappa shape index (κ1) is 18.2. The molecule has 0 aromatic heterocycles. The summed E-state index contributed by atoms with van der Waals surface area (Å²) in [5.41, 5.74) is 6.06. The standard InChI is InChI=1S/C16H16BrN3O3S/c17-12-2-1-3-14(10-12)23-9-8-19-16(22)20(24)13-6-4-11(5-7-13)15(18)21/h1-7,10,24H,8-9H2,(H2,18,21)(H,19,22). The predicted octanol–water partition coefficient (Wildman–Crippen LogP) is 2.99. The van der Waals surface area contributed by atoms with E-state index in [0.29, 0.717) is 30.2 Å². The smallest absolute Gasteiger partial charge is 0.332 e. The highest BCUT2D eigenvalue weighted by Gasteiger charge is 2.12. The van der Waals surface area contributed by atoms with Crippen LogP contribution < -0.4 is 20.1 Å². The molecule has 3 amide bonds. The van der Waals surface area contributed by atoms with Gasteiger partial charge in [-0.2, -0.15) is 0 Å². The van der Waals surface area contributed by atoms with E-state index in [-0.39, 0.29) is 0 Å². The van der Waals surface area contributed by atoms with Gasteiger partial charge in [-0.25, -0.2) is 9.10 Å². The summed E-state index contributed by atoms with van der Waals surface area (Å²) in [6.45, 7) is 0.645. The zero-order chi connectivity index (χ0) is 17.5. The molecule has 0 saturated heterocycles. The van der Waals surface area contributed by atoms with E-state index >= 15 is 0 Å². The van der Waals surface area contributed by atoms with Gasteiger partial charge in [0.25, 0.3) is 0 Å². The molecule has 2 aromatic rings. The quantitative estimate of drug-likeness (QED) is 0.506. The number of nitrogens with two attached hydrogens (primary N) is 1. The van der Waals surface area contributed by atoms with Crippen LogP contribution in [0.25, 0.3) is 0 Å². The van der Waals surface area contributed by atoms with E-state index in [4.69, 9.17) is 10.5 Å². The van der Waals surface area contributed by atoms with Crippen molar-refractivity contribution >= 4 is 46.4 Å². The van der Waals surface area contributed by atoms with Gasteiger partial charge in [0.1, 0.15) is 12.4 Å². The van der Waals surface area contributed by atoms with E-state index in [0.717, 1.165) is 8.78 Å². The van der Waals surface area contributed by atoms with Crippen LogP contribution in [-0.2, 0) is 0 Å². The highest BCUT2D eigenvalue weighted by molar-refractivity contribution is 9.10. The number of anilines is 1. The molecule has 24 heavy (non-hydrogen) atoms. The Bertz CT molecular complexity index is 725. The van der Waals surface area contributed by atoms with Gasteiger partial charge in [-0.1, -0.05) is 34.8 Å². The molecule has 0 spiro atoms. The van der Waals surface area contributed by atoms with Crippen LogP contribution >= 0.6 is 28.7 Å². The highest BCUT2D eigenvalue weighted by atomic mass is 79.9. The number of nitrogens with zero attached hydrogens (tertiary/aromatic N) is 1. The largest absolute Gasteiger partial charge is 0.492 e. The molecule has 126 valence electrons. The first-order chi connectivity index (χ1) is 11.5. The number of amides is 3. The van der Waals surface area contributed by atoms with Crippen LogP contribution in [0.2, 0.25) is 0 Å². The van der Waals surface area contributed by atoms with Crippen molar-refractivity contribution in [3.05, 3.63) is 58.6 Å². The molecule has 0 saturated carbocycles. The van der Waals surface area contributed by atoms with Crippen molar-refractivity contribution in [2.45, 2.75) is 0 Å². The molecule has 2 aromatic carbocycles. The summed E-state index contributed by atoms with van der Waals surface area (Å²) in [6, 6.07) is 13.3. The normalized spacial score (nSPS) is 10.1. The molecule has 0 atom stereocenters. The van der Waals surface area contributed by atoms with Crippen LogP contribution in [0.4, 0.5) is 10.5 Å². The van der Waals surface area contributed by atoms with Crippen molar-refractivity contribution in [1.82, 2.24) is 5.32 Å². The average Bonchev–Trinajstić information content (AvgIpc) is 2.58. The summed E-state index contributed by atoms with van der Waals surface area (Å²) < 4.78 is 7.59. The van der Waals surface area contributed by atoms with E-state index < -0.39 is 11.9 Å². The summed E-state index contributed by atoms with van der Waals surface area (Å²) in [6.07, 6.45) is 0. The fourth-order valence-corrected chi connectivity index (χ4v) is 2.42. The number of primary amides is 1. The van der Waals surface area contributed by atoms with Crippen molar-refractivity contribution in [3.8, 4) is 5.75 Å². The fraction of sp³-hybridized carbons (Fsp3) is 0.125. The molecule has 0 aliphatic carbocycles. The molecule has 0 bridgehead atoms. The first-order valence-electron chi connectivity index (χ1n) is 7.02. The minimum Gasteiger partial charge on any atom is -0.492 e. The zero-order valence-corrected chi connectivity index (χ0v) is 15.1. The van der Waals surface area contributed by atoms with E-state index in [1.54, 1.807) is 12.1 Å². The van der Waals surface area contributed by atoms with Gasteiger partial charge in [0.15, 0.2) is 0 Å². The molecule has 0 fully saturated rings. The Balaban J connectivity index is 1.80. The number of ether oxygens (including phenoxy) is 1. The lowest BCUT2D eigenvalue weighted by atomic mass is 10.2. The molecule has 0 heterocycles. The second-order valence-electron chi connectivity index (χ2n) is 4.76. The lowest BCUT2D eigenvalue weighted by molar-refractivity contribution is 0.100. The molecule has 0 aliphatic rings. The van der Waals surface area contributed by atoms with Gasteiger partial charge in [0.05, 0.1) is 12.2 Å². The third-order valence-corrected chi connectivity index (χ3v) is 3.94. The number of carbonyl (C=O) groups is 2. The van der Waals surface area contributed by atoms with E-state index in [9.17, 15) is 9.59 Å². The van der Waals surface area contributed by atoms with Gasteiger partial charge in [0.2, 0.25) is 5.91 Å². The van der Waals surface area contributed by atoms with Crippen molar-refractivity contribution in [2.24, 2.45) is 5.73 Å². The van der Waals surface area contributed by atoms with Gasteiger partial charge in [-0.05, 0) is 42.5 Å². The number of hydrogen-bond acceptors (Lipinski definition) is 4. The van der Waals surface area contributed by atoms with Crippen molar-refractivity contribution < 1.29 is 14.3 Å². The Morgan fingerprint density at radius 1 is 1.21 bits per heavy atom. The molecule has 8 heteroatoms. The molecule has 3 N–H and O–H groups in total.